The van der Waals surface area contributed by atoms with Gasteiger partial charge in [-0.15, -0.1) is 0 Å². The van der Waals surface area contributed by atoms with E-state index in [1.54, 1.807) is 32.0 Å². The highest BCUT2D eigenvalue weighted by Gasteiger charge is 2.23. The number of furan rings is 1. The van der Waals surface area contributed by atoms with E-state index in [9.17, 15) is 9.59 Å². The van der Waals surface area contributed by atoms with Gasteiger partial charge < -0.3 is 27.9 Å². The van der Waals surface area contributed by atoms with Crippen LogP contribution >= 0.6 is 31.9 Å². The second-order valence-electron chi connectivity index (χ2n) is 9.57. The number of amides is 1. The monoisotopic (exact) mass is 729 g/mol. The van der Waals surface area contributed by atoms with E-state index in [0.717, 1.165) is 17.1 Å². The minimum absolute atomic E-state index is 0.0848. The molecule has 44 heavy (non-hydrogen) atoms. The van der Waals surface area contributed by atoms with Gasteiger partial charge in [0, 0.05) is 27.1 Å². The Kier molecular flexibility index (Phi) is 11.3. The lowest BCUT2D eigenvalue weighted by atomic mass is 10.2. The molecule has 0 aliphatic rings. The zero-order valence-corrected chi connectivity index (χ0v) is 28.2. The van der Waals surface area contributed by atoms with Crippen LogP contribution in [0.2, 0.25) is 0 Å². The van der Waals surface area contributed by atoms with Crippen molar-refractivity contribution in [2.45, 2.75) is 47.3 Å². The molecule has 232 valence electrons. The third-order valence-corrected chi connectivity index (χ3v) is 8.51. The lowest BCUT2D eigenvalue weighted by Gasteiger charge is -2.19. The second kappa shape index (κ2) is 15.1. The molecule has 10 nitrogen and oxygen atoms in total. The quantitative estimate of drug-likeness (QED) is 0.0874. The molecule has 0 radical (unpaired) electrons. The Morgan fingerprint density at radius 3 is 2.34 bits per heavy atom. The first kappa shape index (κ1) is 32.9. The van der Waals surface area contributed by atoms with Crippen molar-refractivity contribution in [3.05, 3.63) is 92.0 Å². The summed E-state index contributed by atoms with van der Waals surface area (Å²) in [6, 6.07) is 16.8. The molecular weight excluding hydrogens is 698 g/mol. The minimum Gasteiger partial charge on any atom is -0.490 e. The Labute approximate surface area is 272 Å². The summed E-state index contributed by atoms with van der Waals surface area (Å²) in [6.07, 6.45) is 0.588. The third kappa shape index (κ3) is 7.92. The first-order chi connectivity index (χ1) is 21.1. The van der Waals surface area contributed by atoms with Crippen LogP contribution in [0.3, 0.4) is 0 Å². The molecule has 12 heteroatoms. The zero-order valence-electron chi connectivity index (χ0n) is 25.0. The van der Waals surface area contributed by atoms with Crippen molar-refractivity contribution in [3.63, 3.8) is 0 Å². The van der Waals surface area contributed by atoms with Gasteiger partial charge in [0.25, 0.3) is 0 Å². The van der Waals surface area contributed by atoms with Crippen LogP contribution in [-0.2, 0) is 16.1 Å². The van der Waals surface area contributed by atoms with Crippen LogP contribution in [0.1, 0.15) is 54.0 Å². The molecule has 0 aliphatic carbocycles. The SMILES string of the molecule is CCOC(=O)[C@@H](C)Oc1c(OCC)cc(/C=N/NC(=O)c2ccc(COc3ccc(-n4c(C)ccc4C)cc3)o2)c(Br)c1Br. The molecule has 1 atom stereocenters. The van der Waals surface area contributed by atoms with Crippen LogP contribution in [0.15, 0.2) is 73.1 Å². The lowest BCUT2D eigenvalue weighted by Crippen LogP contribution is -2.26. The Morgan fingerprint density at radius 2 is 1.68 bits per heavy atom. The van der Waals surface area contributed by atoms with Crippen molar-refractivity contribution in [2.24, 2.45) is 5.10 Å². The molecule has 2 aromatic heterocycles. The first-order valence-electron chi connectivity index (χ1n) is 13.9. The van der Waals surface area contributed by atoms with Gasteiger partial charge >= 0.3 is 11.9 Å². The van der Waals surface area contributed by atoms with E-state index in [0.29, 0.717) is 44.1 Å². The number of halogens is 2. The third-order valence-electron chi connectivity index (χ3n) is 6.37. The topological polar surface area (TPSA) is 114 Å². The molecular formula is C32H33Br2N3O7. The number of aromatic nitrogens is 1. The lowest BCUT2D eigenvalue weighted by molar-refractivity contribution is -0.150. The summed E-state index contributed by atoms with van der Waals surface area (Å²) in [4.78, 5) is 24.7. The number of hydrogen-bond donors (Lipinski definition) is 1. The average Bonchev–Trinajstić information content (AvgIpc) is 3.62. The number of hydrogen-bond acceptors (Lipinski definition) is 8. The van der Waals surface area contributed by atoms with E-state index < -0.39 is 18.0 Å². The number of esters is 1. The Bertz CT molecular complexity index is 1620. The van der Waals surface area contributed by atoms with Gasteiger partial charge in [-0.2, -0.15) is 5.10 Å². The molecule has 0 spiro atoms. The molecule has 2 aromatic carbocycles. The summed E-state index contributed by atoms with van der Waals surface area (Å²) in [7, 11) is 0. The van der Waals surface area contributed by atoms with Crippen molar-refractivity contribution >= 4 is 50.0 Å². The molecule has 0 bridgehead atoms. The number of ether oxygens (including phenoxy) is 4. The summed E-state index contributed by atoms with van der Waals surface area (Å²) < 4.78 is 31.4. The fraction of sp³-hybridized carbons (Fsp3) is 0.281. The second-order valence-corrected chi connectivity index (χ2v) is 11.2. The fourth-order valence-corrected chi connectivity index (χ4v) is 5.19. The van der Waals surface area contributed by atoms with E-state index in [4.69, 9.17) is 23.4 Å². The van der Waals surface area contributed by atoms with Crippen molar-refractivity contribution in [1.82, 2.24) is 9.99 Å². The highest BCUT2D eigenvalue weighted by Crippen LogP contribution is 2.43. The van der Waals surface area contributed by atoms with E-state index in [2.05, 4.69) is 72.9 Å². The minimum atomic E-state index is -0.857. The molecule has 0 saturated carbocycles. The number of carbonyl (C=O) groups excluding carboxylic acids is 2. The van der Waals surface area contributed by atoms with Crippen molar-refractivity contribution in [2.75, 3.05) is 13.2 Å². The van der Waals surface area contributed by atoms with Gasteiger partial charge in [0.05, 0.1) is 23.9 Å². The molecule has 0 saturated heterocycles. The smallest absolute Gasteiger partial charge is 0.347 e. The van der Waals surface area contributed by atoms with Gasteiger partial charge in [0.2, 0.25) is 0 Å². The standard InChI is InChI=1S/C32H33Br2N3O7/c1-6-40-27-16-22(28(33)29(34)30(27)43-21(5)32(39)41-7-2)17-35-36-31(38)26-15-14-25(44-26)18-42-24-12-10-23(11-13-24)37-19(3)8-9-20(37)4/h8-17,21H,6-7,18H2,1-5H3,(H,36,38)/b35-17+/t21-/m1/s1. The maximum atomic E-state index is 12.7. The van der Waals surface area contributed by atoms with Gasteiger partial charge in [0.1, 0.15) is 18.1 Å². The highest BCUT2D eigenvalue weighted by molar-refractivity contribution is 9.13. The number of hydrazone groups is 1. The number of rotatable bonds is 13. The molecule has 4 rings (SSSR count). The Morgan fingerprint density at radius 1 is 0.977 bits per heavy atom. The van der Waals surface area contributed by atoms with E-state index in [1.807, 2.05) is 31.2 Å². The number of aryl methyl sites for hydroxylation is 2. The van der Waals surface area contributed by atoms with Crippen molar-refractivity contribution < 1.29 is 33.0 Å². The first-order valence-corrected chi connectivity index (χ1v) is 15.5. The van der Waals surface area contributed by atoms with Gasteiger partial charge in [-0.25, -0.2) is 10.2 Å². The number of nitrogens with zero attached hydrogens (tertiary/aromatic N) is 2. The predicted octanol–water partition coefficient (Wildman–Crippen LogP) is 7.28. The Balaban J connectivity index is 1.37. The summed E-state index contributed by atoms with van der Waals surface area (Å²) >= 11 is 7.01. The summed E-state index contributed by atoms with van der Waals surface area (Å²) in [5.41, 5.74) is 6.41. The number of benzene rings is 2. The molecule has 0 unspecified atom stereocenters. The van der Waals surface area contributed by atoms with Crippen LogP contribution in [0.25, 0.3) is 5.69 Å². The van der Waals surface area contributed by atoms with Crippen LogP contribution in [0.4, 0.5) is 0 Å². The number of nitrogens with one attached hydrogen (secondary N) is 1. The van der Waals surface area contributed by atoms with Crippen LogP contribution < -0.4 is 19.6 Å². The molecule has 1 amide bonds. The molecule has 4 aromatic rings. The zero-order chi connectivity index (χ0) is 31.8. The maximum absolute atomic E-state index is 12.7. The summed E-state index contributed by atoms with van der Waals surface area (Å²) in [6.45, 7) is 10.0. The molecule has 0 aliphatic heterocycles. The van der Waals surface area contributed by atoms with E-state index in [-0.39, 0.29) is 19.0 Å². The van der Waals surface area contributed by atoms with E-state index in [1.165, 1.54) is 6.21 Å². The van der Waals surface area contributed by atoms with Crippen molar-refractivity contribution in [1.29, 1.82) is 0 Å². The van der Waals surface area contributed by atoms with Gasteiger partial charge in [-0.1, -0.05) is 0 Å². The Hall–Kier alpha value is -4.03. The predicted molar refractivity (Wildman–Crippen MR) is 173 cm³/mol. The van der Waals surface area contributed by atoms with Gasteiger partial charge in [0.15, 0.2) is 23.4 Å². The number of carbonyl (C=O) groups is 2. The van der Waals surface area contributed by atoms with Crippen molar-refractivity contribution in [3.8, 4) is 22.9 Å². The van der Waals surface area contributed by atoms with Crippen LogP contribution in [0.5, 0.6) is 17.2 Å². The fourth-order valence-electron chi connectivity index (χ4n) is 4.27. The van der Waals surface area contributed by atoms with E-state index >= 15 is 0 Å². The van der Waals surface area contributed by atoms with Crippen LogP contribution in [0, 0.1) is 13.8 Å². The largest absolute Gasteiger partial charge is 0.490 e. The summed E-state index contributed by atoms with van der Waals surface area (Å²) in [5.74, 6) is 0.935. The average molecular weight is 731 g/mol. The molecule has 2 heterocycles. The molecule has 1 N–H and O–H groups in total. The normalized spacial score (nSPS) is 11.8. The summed E-state index contributed by atoms with van der Waals surface area (Å²) in [5, 5.41) is 4.07. The van der Waals surface area contributed by atoms with Crippen LogP contribution in [-0.4, -0.2) is 42.0 Å². The molecule has 0 fully saturated rings. The highest BCUT2D eigenvalue weighted by atomic mass is 79.9. The maximum Gasteiger partial charge on any atom is 0.347 e. The van der Waals surface area contributed by atoms with Gasteiger partial charge in [-0.3, -0.25) is 4.79 Å². The van der Waals surface area contributed by atoms with Gasteiger partial charge in [-0.05, 0) is 121 Å².